The van der Waals surface area contributed by atoms with Crippen LogP contribution in [-0.2, 0) is 5.75 Å². The monoisotopic (exact) mass is 362 g/mol. The van der Waals surface area contributed by atoms with Gasteiger partial charge in [0.05, 0.1) is 17.2 Å². The SMILES string of the molecule is N#Cc1ccc(CSc2ccccc2C(=O)Nc2ccc(F)cc2)cc1. The minimum atomic E-state index is -0.346. The van der Waals surface area contributed by atoms with Gasteiger partial charge in [0.1, 0.15) is 5.82 Å². The van der Waals surface area contributed by atoms with Crippen molar-refractivity contribution in [2.75, 3.05) is 5.32 Å². The quantitative estimate of drug-likeness (QED) is 0.631. The molecule has 3 aromatic carbocycles. The van der Waals surface area contributed by atoms with E-state index in [4.69, 9.17) is 5.26 Å². The topological polar surface area (TPSA) is 52.9 Å². The van der Waals surface area contributed by atoms with Crippen LogP contribution in [0.1, 0.15) is 21.5 Å². The molecule has 0 bridgehead atoms. The number of nitrogens with one attached hydrogen (secondary N) is 1. The molecular weight excluding hydrogens is 347 g/mol. The number of rotatable bonds is 5. The second-order valence-electron chi connectivity index (χ2n) is 5.55. The summed E-state index contributed by atoms with van der Waals surface area (Å²) >= 11 is 1.55. The van der Waals surface area contributed by atoms with Crippen molar-refractivity contribution >= 4 is 23.4 Å². The standard InChI is InChI=1S/C21H15FN2OS/c22-17-9-11-18(12-10-17)24-21(25)19-3-1-2-4-20(19)26-14-16-7-5-15(13-23)6-8-16/h1-12H,14H2,(H,24,25). The lowest BCUT2D eigenvalue weighted by molar-refractivity contribution is 0.102. The molecule has 0 unspecified atom stereocenters. The summed E-state index contributed by atoms with van der Waals surface area (Å²) in [6.07, 6.45) is 0. The van der Waals surface area contributed by atoms with E-state index in [1.807, 2.05) is 30.3 Å². The molecule has 3 aromatic rings. The predicted molar refractivity (Wildman–Crippen MR) is 102 cm³/mol. The Labute approximate surface area is 155 Å². The van der Waals surface area contributed by atoms with Crippen molar-refractivity contribution in [2.24, 2.45) is 0 Å². The van der Waals surface area contributed by atoms with Crippen LogP contribution < -0.4 is 5.32 Å². The van der Waals surface area contributed by atoms with Crippen LogP contribution in [0.15, 0.2) is 77.7 Å². The third kappa shape index (κ3) is 4.50. The fourth-order valence-electron chi connectivity index (χ4n) is 2.35. The summed E-state index contributed by atoms with van der Waals surface area (Å²) in [7, 11) is 0. The van der Waals surface area contributed by atoms with Gasteiger partial charge in [-0.25, -0.2) is 4.39 Å². The summed E-state index contributed by atoms with van der Waals surface area (Å²) in [5.74, 6) is 0.105. The fourth-order valence-corrected chi connectivity index (χ4v) is 3.35. The first kappa shape index (κ1) is 17.7. The molecule has 0 saturated heterocycles. The lowest BCUT2D eigenvalue weighted by Crippen LogP contribution is -2.12. The van der Waals surface area contributed by atoms with E-state index >= 15 is 0 Å². The summed E-state index contributed by atoms with van der Waals surface area (Å²) in [6, 6.07) is 22.5. The highest BCUT2D eigenvalue weighted by Gasteiger charge is 2.12. The van der Waals surface area contributed by atoms with Crippen LogP contribution in [-0.4, -0.2) is 5.91 Å². The van der Waals surface area contributed by atoms with Crippen molar-refractivity contribution in [3.8, 4) is 6.07 Å². The number of hydrogen-bond acceptors (Lipinski definition) is 3. The smallest absolute Gasteiger partial charge is 0.256 e. The maximum absolute atomic E-state index is 13.0. The largest absolute Gasteiger partial charge is 0.322 e. The number of nitriles is 1. The minimum Gasteiger partial charge on any atom is -0.322 e. The van der Waals surface area contributed by atoms with E-state index in [2.05, 4.69) is 11.4 Å². The van der Waals surface area contributed by atoms with E-state index in [1.54, 1.807) is 30.0 Å². The Hall–Kier alpha value is -3.10. The Kier molecular flexibility index (Phi) is 5.67. The molecular formula is C21H15FN2OS. The molecule has 0 atom stereocenters. The first-order valence-corrected chi connectivity index (χ1v) is 8.92. The number of carbonyl (C=O) groups is 1. The number of anilines is 1. The average Bonchev–Trinajstić information content (AvgIpc) is 2.68. The van der Waals surface area contributed by atoms with Gasteiger partial charge in [0.25, 0.3) is 5.91 Å². The molecule has 0 aliphatic carbocycles. The maximum atomic E-state index is 13.0. The van der Waals surface area contributed by atoms with Gasteiger partial charge in [0, 0.05) is 16.3 Å². The minimum absolute atomic E-state index is 0.237. The molecule has 0 aliphatic heterocycles. The van der Waals surface area contributed by atoms with Crippen LogP contribution >= 0.6 is 11.8 Å². The van der Waals surface area contributed by atoms with Gasteiger partial charge in [-0.05, 0) is 54.1 Å². The van der Waals surface area contributed by atoms with Crippen molar-refractivity contribution in [3.05, 3.63) is 95.3 Å². The number of halogens is 1. The zero-order valence-corrected chi connectivity index (χ0v) is 14.6. The Morgan fingerprint density at radius 3 is 2.38 bits per heavy atom. The van der Waals surface area contributed by atoms with Crippen LogP contribution in [0.4, 0.5) is 10.1 Å². The molecule has 26 heavy (non-hydrogen) atoms. The highest BCUT2D eigenvalue weighted by atomic mass is 32.2. The van der Waals surface area contributed by atoms with Crippen molar-refractivity contribution in [1.29, 1.82) is 5.26 Å². The van der Waals surface area contributed by atoms with Crippen molar-refractivity contribution < 1.29 is 9.18 Å². The first-order chi connectivity index (χ1) is 12.7. The molecule has 0 spiro atoms. The molecule has 0 aromatic heterocycles. The number of benzene rings is 3. The molecule has 1 N–H and O–H groups in total. The van der Waals surface area contributed by atoms with Crippen molar-refractivity contribution in [3.63, 3.8) is 0 Å². The lowest BCUT2D eigenvalue weighted by Gasteiger charge is -2.10. The van der Waals surface area contributed by atoms with E-state index < -0.39 is 0 Å². The van der Waals surface area contributed by atoms with Crippen LogP contribution in [0.5, 0.6) is 0 Å². The van der Waals surface area contributed by atoms with Gasteiger partial charge in [-0.2, -0.15) is 5.26 Å². The molecule has 0 aliphatic rings. The third-order valence-electron chi connectivity index (χ3n) is 3.71. The molecule has 0 saturated carbocycles. The normalized spacial score (nSPS) is 10.2. The number of hydrogen-bond donors (Lipinski definition) is 1. The average molecular weight is 362 g/mol. The summed E-state index contributed by atoms with van der Waals surface area (Å²) in [5.41, 5.74) is 2.80. The van der Waals surface area contributed by atoms with Crippen LogP contribution in [0.3, 0.4) is 0 Å². The molecule has 3 rings (SSSR count). The first-order valence-electron chi connectivity index (χ1n) is 7.93. The maximum Gasteiger partial charge on any atom is 0.256 e. The molecule has 128 valence electrons. The van der Waals surface area contributed by atoms with Crippen LogP contribution in [0.25, 0.3) is 0 Å². The van der Waals surface area contributed by atoms with Gasteiger partial charge in [-0.15, -0.1) is 11.8 Å². The second-order valence-corrected chi connectivity index (χ2v) is 6.57. The van der Waals surface area contributed by atoms with Gasteiger partial charge in [0.2, 0.25) is 0 Å². The zero-order chi connectivity index (χ0) is 18.4. The van der Waals surface area contributed by atoms with Gasteiger partial charge in [-0.3, -0.25) is 4.79 Å². The number of carbonyl (C=O) groups excluding carboxylic acids is 1. The molecule has 0 fully saturated rings. The third-order valence-corrected chi connectivity index (χ3v) is 4.86. The molecule has 0 heterocycles. The molecule has 0 radical (unpaired) electrons. The Balaban J connectivity index is 1.71. The summed E-state index contributed by atoms with van der Waals surface area (Å²) < 4.78 is 13.0. The zero-order valence-electron chi connectivity index (χ0n) is 13.8. The van der Waals surface area contributed by atoms with Gasteiger partial charge < -0.3 is 5.32 Å². The van der Waals surface area contributed by atoms with Gasteiger partial charge in [-0.1, -0.05) is 24.3 Å². The highest BCUT2D eigenvalue weighted by molar-refractivity contribution is 7.98. The van der Waals surface area contributed by atoms with E-state index in [0.717, 1.165) is 10.5 Å². The van der Waals surface area contributed by atoms with Crippen LogP contribution in [0.2, 0.25) is 0 Å². The Bertz CT molecular complexity index is 947. The van der Waals surface area contributed by atoms with E-state index in [-0.39, 0.29) is 11.7 Å². The number of nitrogens with zero attached hydrogens (tertiary/aromatic N) is 1. The van der Waals surface area contributed by atoms with Crippen molar-refractivity contribution in [2.45, 2.75) is 10.6 Å². The number of thioether (sulfide) groups is 1. The van der Waals surface area contributed by atoms with Crippen molar-refractivity contribution in [1.82, 2.24) is 0 Å². The van der Waals surface area contributed by atoms with E-state index in [9.17, 15) is 9.18 Å². The summed E-state index contributed by atoms with van der Waals surface area (Å²) in [4.78, 5) is 13.4. The summed E-state index contributed by atoms with van der Waals surface area (Å²) in [6.45, 7) is 0. The number of amides is 1. The van der Waals surface area contributed by atoms with E-state index in [0.29, 0.717) is 22.6 Å². The Morgan fingerprint density at radius 2 is 1.69 bits per heavy atom. The Morgan fingerprint density at radius 1 is 1.00 bits per heavy atom. The van der Waals surface area contributed by atoms with E-state index in [1.165, 1.54) is 24.3 Å². The molecule has 1 amide bonds. The predicted octanol–water partition coefficient (Wildman–Crippen LogP) is 5.24. The highest BCUT2D eigenvalue weighted by Crippen LogP contribution is 2.27. The second kappa shape index (κ2) is 8.32. The lowest BCUT2D eigenvalue weighted by atomic mass is 10.2. The summed E-state index contributed by atoms with van der Waals surface area (Å²) in [5, 5.41) is 11.6. The molecule has 3 nitrogen and oxygen atoms in total. The fraction of sp³-hybridized carbons (Fsp3) is 0.0476. The van der Waals surface area contributed by atoms with Gasteiger partial charge >= 0.3 is 0 Å². The van der Waals surface area contributed by atoms with Gasteiger partial charge in [0.15, 0.2) is 0 Å². The van der Waals surface area contributed by atoms with Crippen LogP contribution in [0, 0.1) is 17.1 Å². The molecule has 5 heteroatoms.